The van der Waals surface area contributed by atoms with Gasteiger partial charge in [0.15, 0.2) is 11.6 Å². The van der Waals surface area contributed by atoms with Crippen LogP contribution >= 0.6 is 0 Å². The smallest absolute Gasteiger partial charge is 0.493 e. The second-order valence-electron chi connectivity index (χ2n) is 6.98. The van der Waals surface area contributed by atoms with Crippen molar-refractivity contribution in [2.75, 3.05) is 6.61 Å². The average Bonchev–Trinajstić information content (AvgIpc) is 2.92. The zero-order valence-corrected chi connectivity index (χ0v) is 16.3. The van der Waals surface area contributed by atoms with Crippen molar-refractivity contribution in [3.05, 3.63) is 59.2 Å². The molecular formula is C21H20F5NO3. The molecule has 0 radical (unpaired) electrons. The monoisotopic (exact) mass is 429 g/mol. The van der Waals surface area contributed by atoms with Crippen LogP contribution in [0.2, 0.25) is 0 Å². The number of likely N-dealkylation sites (tertiary alicyclic amines) is 1. The fourth-order valence-corrected chi connectivity index (χ4v) is 3.67. The minimum absolute atomic E-state index is 0.145. The van der Waals surface area contributed by atoms with Crippen LogP contribution in [0, 0.1) is 17.6 Å². The van der Waals surface area contributed by atoms with Crippen molar-refractivity contribution in [3.63, 3.8) is 0 Å². The summed E-state index contributed by atoms with van der Waals surface area (Å²) in [6, 6.07) is 6.77. The van der Waals surface area contributed by atoms with Crippen molar-refractivity contribution in [3.8, 4) is 11.5 Å². The van der Waals surface area contributed by atoms with Gasteiger partial charge in [-0.15, -0.1) is 13.2 Å². The van der Waals surface area contributed by atoms with Crippen molar-refractivity contribution in [1.82, 2.24) is 4.90 Å². The molecule has 2 unspecified atom stereocenters. The van der Waals surface area contributed by atoms with Crippen LogP contribution < -0.4 is 9.47 Å². The predicted molar refractivity (Wildman–Crippen MR) is 97.7 cm³/mol. The summed E-state index contributed by atoms with van der Waals surface area (Å²) < 4.78 is 76.4. The first-order valence-electron chi connectivity index (χ1n) is 9.37. The first kappa shape index (κ1) is 21.9. The van der Waals surface area contributed by atoms with Gasteiger partial charge in [-0.25, -0.2) is 8.78 Å². The Morgan fingerprint density at radius 3 is 2.43 bits per heavy atom. The van der Waals surface area contributed by atoms with Crippen LogP contribution in [0.5, 0.6) is 11.5 Å². The zero-order valence-electron chi connectivity index (χ0n) is 16.3. The molecule has 0 N–H and O–H groups in total. The number of rotatable bonds is 6. The van der Waals surface area contributed by atoms with Gasteiger partial charge in [-0.2, -0.15) is 0 Å². The normalized spacial score (nSPS) is 19.3. The lowest BCUT2D eigenvalue weighted by Crippen LogP contribution is -2.30. The largest absolute Gasteiger partial charge is 0.573 e. The number of hydrogen-bond acceptors (Lipinski definition) is 3. The lowest BCUT2D eigenvalue weighted by Gasteiger charge is -2.28. The fraction of sp³-hybridized carbons (Fsp3) is 0.381. The van der Waals surface area contributed by atoms with Crippen molar-refractivity contribution >= 4 is 5.91 Å². The van der Waals surface area contributed by atoms with Crippen molar-refractivity contribution in [1.29, 1.82) is 0 Å². The molecule has 2 atom stereocenters. The number of nitrogens with zero attached hydrogens (tertiary/aromatic N) is 1. The van der Waals surface area contributed by atoms with Gasteiger partial charge in [0.2, 0.25) is 5.91 Å². The third kappa shape index (κ3) is 4.49. The molecule has 1 amide bonds. The molecule has 0 aliphatic carbocycles. The quantitative estimate of drug-likeness (QED) is 0.580. The summed E-state index contributed by atoms with van der Waals surface area (Å²) in [5.74, 6) is -3.43. The SMILES string of the molecule is CCOc1cccc(F)c1C1CC(C)C(=O)N1Cc1cccc(F)c1OC(F)(F)F. The third-order valence-corrected chi connectivity index (χ3v) is 4.91. The molecule has 0 bridgehead atoms. The Bertz CT molecular complexity index is 931. The molecule has 162 valence electrons. The Balaban J connectivity index is 2.02. The molecular weight excluding hydrogens is 409 g/mol. The number of amides is 1. The van der Waals surface area contributed by atoms with Crippen molar-refractivity contribution < 1.29 is 36.2 Å². The van der Waals surface area contributed by atoms with Gasteiger partial charge in [-0.05, 0) is 31.5 Å². The van der Waals surface area contributed by atoms with Crippen molar-refractivity contribution in [2.24, 2.45) is 5.92 Å². The molecule has 0 aromatic heterocycles. The summed E-state index contributed by atoms with van der Waals surface area (Å²) in [4.78, 5) is 14.0. The molecule has 1 saturated heterocycles. The van der Waals surface area contributed by atoms with E-state index in [1.54, 1.807) is 19.9 Å². The summed E-state index contributed by atoms with van der Waals surface area (Å²) in [5.41, 5.74) is -0.0270. The lowest BCUT2D eigenvalue weighted by atomic mass is 9.99. The number of para-hydroxylation sites is 1. The highest BCUT2D eigenvalue weighted by molar-refractivity contribution is 5.81. The maximum Gasteiger partial charge on any atom is 0.573 e. The van der Waals surface area contributed by atoms with Crippen LogP contribution in [-0.4, -0.2) is 23.8 Å². The maximum absolute atomic E-state index is 14.7. The Labute approximate surface area is 170 Å². The molecule has 1 heterocycles. The second kappa shape index (κ2) is 8.49. The molecule has 1 aliphatic heterocycles. The highest BCUT2D eigenvalue weighted by atomic mass is 19.4. The number of alkyl halides is 3. The minimum atomic E-state index is -5.10. The van der Waals surface area contributed by atoms with Gasteiger partial charge in [0.25, 0.3) is 0 Å². The van der Waals surface area contributed by atoms with Crippen LogP contribution in [0.25, 0.3) is 0 Å². The van der Waals surface area contributed by atoms with Crippen LogP contribution in [0.1, 0.15) is 37.4 Å². The Morgan fingerprint density at radius 1 is 1.10 bits per heavy atom. The van der Waals surface area contributed by atoms with E-state index in [1.807, 2.05) is 0 Å². The van der Waals surface area contributed by atoms with E-state index in [1.165, 1.54) is 29.2 Å². The van der Waals surface area contributed by atoms with E-state index in [4.69, 9.17) is 4.74 Å². The highest BCUT2D eigenvalue weighted by Gasteiger charge is 2.41. The topological polar surface area (TPSA) is 38.8 Å². The van der Waals surface area contributed by atoms with Crippen LogP contribution in [0.15, 0.2) is 36.4 Å². The molecule has 9 heteroatoms. The number of halogens is 5. The summed E-state index contributed by atoms with van der Waals surface area (Å²) in [7, 11) is 0. The number of carbonyl (C=O) groups excluding carboxylic acids is 1. The number of ether oxygens (including phenoxy) is 2. The minimum Gasteiger partial charge on any atom is -0.493 e. The van der Waals surface area contributed by atoms with Gasteiger partial charge in [0, 0.05) is 11.5 Å². The van der Waals surface area contributed by atoms with E-state index < -0.39 is 35.7 Å². The van der Waals surface area contributed by atoms with Gasteiger partial charge in [-0.1, -0.05) is 25.1 Å². The zero-order chi connectivity index (χ0) is 22.1. The van der Waals surface area contributed by atoms with E-state index in [0.29, 0.717) is 0 Å². The van der Waals surface area contributed by atoms with Crippen LogP contribution in [0.3, 0.4) is 0 Å². The summed E-state index contributed by atoms with van der Waals surface area (Å²) >= 11 is 0. The number of carbonyl (C=O) groups is 1. The Hall–Kier alpha value is -2.84. The molecule has 3 rings (SSSR count). The Morgan fingerprint density at radius 2 is 1.77 bits per heavy atom. The van der Waals surface area contributed by atoms with Crippen LogP contribution in [-0.2, 0) is 11.3 Å². The Kier molecular flexibility index (Phi) is 6.19. The second-order valence-corrected chi connectivity index (χ2v) is 6.98. The van der Waals surface area contributed by atoms with Gasteiger partial charge in [-0.3, -0.25) is 4.79 Å². The van der Waals surface area contributed by atoms with E-state index in [-0.39, 0.29) is 42.4 Å². The molecule has 0 spiro atoms. The van der Waals surface area contributed by atoms with E-state index in [9.17, 15) is 26.7 Å². The van der Waals surface area contributed by atoms with E-state index in [2.05, 4.69) is 4.74 Å². The first-order valence-corrected chi connectivity index (χ1v) is 9.37. The molecule has 4 nitrogen and oxygen atoms in total. The summed E-state index contributed by atoms with van der Waals surface area (Å²) in [5, 5.41) is 0. The fourth-order valence-electron chi connectivity index (χ4n) is 3.67. The summed E-state index contributed by atoms with van der Waals surface area (Å²) in [6.07, 6.45) is -4.86. The van der Waals surface area contributed by atoms with Gasteiger partial charge in [0.05, 0.1) is 24.8 Å². The third-order valence-electron chi connectivity index (χ3n) is 4.91. The molecule has 2 aromatic carbocycles. The molecule has 1 fully saturated rings. The van der Waals surface area contributed by atoms with Gasteiger partial charge < -0.3 is 14.4 Å². The van der Waals surface area contributed by atoms with Crippen LogP contribution in [0.4, 0.5) is 22.0 Å². The van der Waals surface area contributed by atoms with E-state index >= 15 is 0 Å². The molecule has 0 saturated carbocycles. The average molecular weight is 429 g/mol. The first-order chi connectivity index (χ1) is 14.1. The number of benzene rings is 2. The van der Waals surface area contributed by atoms with Gasteiger partial charge >= 0.3 is 6.36 Å². The highest BCUT2D eigenvalue weighted by Crippen LogP contribution is 2.43. The van der Waals surface area contributed by atoms with Crippen molar-refractivity contribution in [2.45, 2.75) is 39.2 Å². The van der Waals surface area contributed by atoms with E-state index in [0.717, 1.165) is 6.07 Å². The molecule has 1 aliphatic rings. The van der Waals surface area contributed by atoms with Gasteiger partial charge in [0.1, 0.15) is 11.6 Å². The predicted octanol–water partition coefficient (Wildman–Crippen LogP) is 5.37. The maximum atomic E-state index is 14.7. The molecule has 30 heavy (non-hydrogen) atoms. The lowest BCUT2D eigenvalue weighted by molar-refractivity contribution is -0.276. The summed E-state index contributed by atoms with van der Waals surface area (Å²) in [6.45, 7) is 3.26. The standard InChI is InChI=1S/C21H20F5NO3/c1-3-29-17-9-5-7-14(22)18(17)16-10-12(2)20(28)27(16)11-13-6-4-8-15(23)19(13)30-21(24,25)26/h4-9,12,16H,3,10-11H2,1-2H3. The molecule has 2 aromatic rings. The number of hydrogen-bond donors (Lipinski definition) is 0.